The van der Waals surface area contributed by atoms with Gasteiger partial charge in [-0.2, -0.15) is 0 Å². The van der Waals surface area contributed by atoms with Crippen LogP contribution in [-0.2, 0) is 22.9 Å². The van der Waals surface area contributed by atoms with Crippen LogP contribution in [0.2, 0.25) is 0 Å². The van der Waals surface area contributed by atoms with E-state index in [2.05, 4.69) is 28.2 Å². The Bertz CT molecular complexity index is 938. The Morgan fingerprint density at radius 3 is 2.52 bits per heavy atom. The Hall–Kier alpha value is -2.18. The molecule has 2 aromatic carbocycles. The lowest BCUT2D eigenvalue weighted by atomic mass is 9.88. The molecule has 3 rings (SSSR count). The fourth-order valence-electron chi connectivity index (χ4n) is 3.56. The van der Waals surface area contributed by atoms with E-state index in [9.17, 15) is 13.2 Å². The fourth-order valence-corrected chi connectivity index (χ4v) is 4.33. The van der Waals surface area contributed by atoms with E-state index in [0.29, 0.717) is 5.56 Å². The van der Waals surface area contributed by atoms with E-state index in [0.717, 1.165) is 24.8 Å². The lowest BCUT2D eigenvalue weighted by Gasteiger charge is -2.22. The van der Waals surface area contributed by atoms with Crippen molar-refractivity contribution in [1.82, 2.24) is 10.0 Å². The van der Waals surface area contributed by atoms with E-state index in [1.54, 1.807) is 12.1 Å². The normalized spacial score (nSPS) is 15.0. The summed E-state index contributed by atoms with van der Waals surface area (Å²) < 4.78 is 26.2. The van der Waals surface area contributed by atoms with Crippen LogP contribution in [0.1, 0.15) is 59.3 Å². The van der Waals surface area contributed by atoms with Crippen molar-refractivity contribution in [2.24, 2.45) is 0 Å². The first kappa shape index (κ1) is 19.6. The van der Waals surface area contributed by atoms with Gasteiger partial charge in [-0.15, -0.1) is 0 Å². The number of hydrogen-bond donors (Lipinski definition) is 2. The van der Waals surface area contributed by atoms with Gasteiger partial charge in [0.05, 0.1) is 10.9 Å². The molecule has 2 N–H and O–H groups in total. The summed E-state index contributed by atoms with van der Waals surface area (Å²) in [6.45, 7) is 2.03. The van der Waals surface area contributed by atoms with Crippen molar-refractivity contribution in [2.45, 2.75) is 50.0 Å². The number of carbonyl (C=O) groups is 1. The van der Waals surface area contributed by atoms with Gasteiger partial charge in [0.2, 0.25) is 10.0 Å². The molecule has 1 aliphatic carbocycles. The van der Waals surface area contributed by atoms with Gasteiger partial charge in [0, 0.05) is 5.56 Å². The second-order valence-corrected chi connectivity index (χ2v) is 8.79. The second-order valence-electron chi connectivity index (χ2n) is 6.90. The van der Waals surface area contributed by atoms with Crippen molar-refractivity contribution < 1.29 is 13.2 Å². The van der Waals surface area contributed by atoms with E-state index in [1.165, 1.54) is 43.1 Å². The molecule has 0 saturated carbocycles. The van der Waals surface area contributed by atoms with Crippen LogP contribution in [-0.4, -0.2) is 21.4 Å². The van der Waals surface area contributed by atoms with Crippen LogP contribution in [0.5, 0.6) is 0 Å². The molecule has 5 nitrogen and oxygen atoms in total. The monoisotopic (exact) mass is 386 g/mol. The summed E-state index contributed by atoms with van der Waals surface area (Å²) in [6, 6.07) is 12.5. The van der Waals surface area contributed by atoms with E-state index >= 15 is 0 Å². The Morgan fingerprint density at radius 1 is 1.07 bits per heavy atom. The Kier molecular flexibility index (Phi) is 5.97. The summed E-state index contributed by atoms with van der Waals surface area (Å²) >= 11 is 0. The smallest absolute Gasteiger partial charge is 0.251 e. The molecule has 27 heavy (non-hydrogen) atoms. The minimum atomic E-state index is -3.58. The SMILES string of the molecule is CC[C@H](NC(=O)c1cccc(S(=O)(=O)NC)c1)c1ccc2c(c1)CCCC2. The third-order valence-corrected chi connectivity index (χ3v) is 6.58. The lowest BCUT2D eigenvalue weighted by molar-refractivity contribution is 0.0935. The summed E-state index contributed by atoms with van der Waals surface area (Å²) in [6.07, 6.45) is 5.44. The van der Waals surface area contributed by atoms with E-state index in [-0.39, 0.29) is 16.8 Å². The van der Waals surface area contributed by atoms with Crippen LogP contribution in [0.4, 0.5) is 0 Å². The first-order valence-corrected chi connectivity index (χ1v) is 10.9. The Morgan fingerprint density at radius 2 is 1.81 bits per heavy atom. The maximum atomic E-state index is 12.7. The number of amides is 1. The number of hydrogen-bond acceptors (Lipinski definition) is 3. The minimum absolute atomic E-state index is 0.0829. The highest BCUT2D eigenvalue weighted by atomic mass is 32.2. The second kappa shape index (κ2) is 8.23. The van der Waals surface area contributed by atoms with Gasteiger partial charge in [-0.1, -0.05) is 31.2 Å². The van der Waals surface area contributed by atoms with Crippen molar-refractivity contribution in [3.63, 3.8) is 0 Å². The first-order valence-electron chi connectivity index (χ1n) is 9.40. The third-order valence-electron chi connectivity index (χ3n) is 5.16. The molecule has 0 aliphatic heterocycles. The molecule has 0 radical (unpaired) electrons. The summed E-state index contributed by atoms with van der Waals surface area (Å²) in [5.41, 5.74) is 4.23. The zero-order chi connectivity index (χ0) is 19.4. The average molecular weight is 387 g/mol. The highest BCUT2D eigenvalue weighted by molar-refractivity contribution is 7.89. The molecule has 1 amide bonds. The standard InChI is InChI=1S/C21H26N2O3S/c1-3-20(17-12-11-15-7-4-5-8-16(15)13-17)23-21(24)18-9-6-10-19(14-18)27(25,26)22-2/h6,9-14,20,22H,3-5,7-8H2,1-2H3,(H,23,24)/t20-/m0/s1. The van der Waals surface area contributed by atoms with Crippen molar-refractivity contribution in [3.05, 3.63) is 64.7 Å². The fraction of sp³-hybridized carbons (Fsp3) is 0.381. The van der Waals surface area contributed by atoms with Crippen molar-refractivity contribution in [3.8, 4) is 0 Å². The molecular formula is C21H26N2O3S. The van der Waals surface area contributed by atoms with Gasteiger partial charge in [0.15, 0.2) is 0 Å². The summed E-state index contributed by atoms with van der Waals surface area (Å²) in [4.78, 5) is 12.8. The van der Waals surface area contributed by atoms with Crippen molar-refractivity contribution in [2.75, 3.05) is 7.05 Å². The molecule has 0 bridgehead atoms. The topological polar surface area (TPSA) is 75.3 Å². The van der Waals surface area contributed by atoms with Crippen LogP contribution < -0.4 is 10.0 Å². The van der Waals surface area contributed by atoms with Crippen LogP contribution >= 0.6 is 0 Å². The first-order chi connectivity index (χ1) is 12.9. The molecule has 0 saturated heterocycles. The Labute approximate surface area is 161 Å². The number of benzene rings is 2. The Balaban J connectivity index is 1.81. The molecule has 0 spiro atoms. The molecule has 144 valence electrons. The highest BCUT2D eigenvalue weighted by Crippen LogP contribution is 2.26. The van der Waals surface area contributed by atoms with Crippen molar-refractivity contribution in [1.29, 1.82) is 0 Å². The minimum Gasteiger partial charge on any atom is -0.345 e. The van der Waals surface area contributed by atoms with Gasteiger partial charge in [-0.05, 0) is 74.0 Å². The van der Waals surface area contributed by atoms with E-state index in [1.807, 2.05) is 6.92 Å². The van der Waals surface area contributed by atoms with Gasteiger partial charge >= 0.3 is 0 Å². The maximum Gasteiger partial charge on any atom is 0.251 e. The quantitative estimate of drug-likeness (QED) is 0.799. The van der Waals surface area contributed by atoms with E-state index < -0.39 is 10.0 Å². The number of carbonyl (C=O) groups excluding carboxylic acids is 1. The molecule has 2 aromatic rings. The van der Waals surface area contributed by atoms with Gasteiger partial charge < -0.3 is 5.32 Å². The van der Waals surface area contributed by atoms with Gasteiger partial charge in [-0.25, -0.2) is 13.1 Å². The predicted molar refractivity (Wildman–Crippen MR) is 106 cm³/mol. The molecular weight excluding hydrogens is 360 g/mol. The molecule has 0 fully saturated rings. The van der Waals surface area contributed by atoms with Gasteiger partial charge in [0.1, 0.15) is 0 Å². The van der Waals surface area contributed by atoms with Crippen LogP contribution in [0.3, 0.4) is 0 Å². The van der Waals surface area contributed by atoms with Gasteiger partial charge in [-0.3, -0.25) is 4.79 Å². The maximum absolute atomic E-state index is 12.7. The molecule has 1 atom stereocenters. The third kappa shape index (κ3) is 4.39. The van der Waals surface area contributed by atoms with Crippen molar-refractivity contribution >= 4 is 15.9 Å². The van der Waals surface area contributed by atoms with E-state index in [4.69, 9.17) is 0 Å². The average Bonchev–Trinajstić information content (AvgIpc) is 2.71. The predicted octanol–water partition coefficient (Wildman–Crippen LogP) is 3.35. The summed E-state index contributed by atoms with van der Waals surface area (Å²) in [5.74, 6) is -0.271. The number of sulfonamides is 1. The molecule has 6 heteroatoms. The zero-order valence-corrected chi connectivity index (χ0v) is 16.6. The molecule has 1 aliphatic rings. The highest BCUT2D eigenvalue weighted by Gasteiger charge is 2.19. The van der Waals surface area contributed by atoms with Crippen LogP contribution in [0.25, 0.3) is 0 Å². The summed E-state index contributed by atoms with van der Waals surface area (Å²) in [7, 11) is -2.23. The largest absolute Gasteiger partial charge is 0.345 e. The van der Waals surface area contributed by atoms with Gasteiger partial charge in [0.25, 0.3) is 5.91 Å². The molecule has 0 heterocycles. The lowest BCUT2D eigenvalue weighted by Crippen LogP contribution is -2.28. The number of nitrogens with one attached hydrogen (secondary N) is 2. The number of rotatable bonds is 6. The van der Waals surface area contributed by atoms with Crippen LogP contribution in [0.15, 0.2) is 47.4 Å². The molecule has 0 aromatic heterocycles. The zero-order valence-electron chi connectivity index (χ0n) is 15.8. The summed E-state index contributed by atoms with van der Waals surface area (Å²) in [5, 5.41) is 3.05. The number of aryl methyl sites for hydroxylation is 2. The number of fused-ring (bicyclic) bond motifs is 1. The molecule has 0 unspecified atom stereocenters. The van der Waals surface area contributed by atoms with Crippen LogP contribution in [0, 0.1) is 0 Å².